The van der Waals surface area contributed by atoms with Crippen molar-refractivity contribution < 1.29 is 4.39 Å². The zero-order chi connectivity index (χ0) is 21.0. The Kier molecular flexibility index (Phi) is 6.00. The summed E-state index contributed by atoms with van der Waals surface area (Å²) < 4.78 is 15.4. The molecule has 158 valence electrons. The van der Waals surface area contributed by atoms with Gasteiger partial charge >= 0.3 is 0 Å². The van der Waals surface area contributed by atoms with Crippen LogP contribution in [0.25, 0.3) is 27.9 Å². The van der Waals surface area contributed by atoms with Crippen molar-refractivity contribution in [3.05, 3.63) is 78.5 Å². The van der Waals surface area contributed by atoms with Gasteiger partial charge in [-0.15, -0.1) is 0 Å². The average molecular weight is 433 g/mol. The minimum Gasteiger partial charge on any atom is -0.312 e. The van der Waals surface area contributed by atoms with Crippen LogP contribution in [-0.4, -0.2) is 32.6 Å². The molecule has 1 aliphatic rings. The van der Waals surface area contributed by atoms with E-state index in [1.807, 2.05) is 16.6 Å². The molecular weight excluding hydrogens is 407 g/mol. The second-order valence-electron chi connectivity index (χ2n) is 8.02. The standard InChI is InChI=1S/C25H25FN4S/c26-22-4-2-21(3-5-22)25-24(20-7-11-27-12-8-20)23-6-1-19(17-30(23)29-25)16-28-15-18-9-13-31-14-10-18/h1-8,11-12,17-18,28H,9-10,13-16H2. The largest absolute Gasteiger partial charge is 0.312 e. The Morgan fingerprint density at radius 3 is 2.52 bits per heavy atom. The second kappa shape index (κ2) is 9.20. The third kappa shape index (κ3) is 4.50. The molecule has 0 radical (unpaired) electrons. The monoisotopic (exact) mass is 432 g/mol. The van der Waals surface area contributed by atoms with Crippen molar-refractivity contribution >= 4 is 17.3 Å². The van der Waals surface area contributed by atoms with Crippen molar-refractivity contribution in [1.82, 2.24) is 19.9 Å². The minimum atomic E-state index is -0.247. The van der Waals surface area contributed by atoms with Gasteiger partial charge in [-0.1, -0.05) is 6.07 Å². The molecule has 5 rings (SSSR count). The molecule has 4 heterocycles. The fourth-order valence-corrected chi connectivity index (χ4v) is 5.38. The zero-order valence-electron chi connectivity index (χ0n) is 17.3. The maximum atomic E-state index is 13.5. The smallest absolute Gasteiger partial charge is 0.123 e. The molecule has 1 fully saturated rings. The Hall–Kier alpha value is -2.70. The Bertz CT molecular complexity index is 1150. The summed E-state index contributed by atoms with van der Waals surface area (Å²) in [4.78, 5) is 4.15. The third-order valence-corrected chi connectivity index (χ3v) is 6.93. The zero-order valence-corrected chi connectivity index (χ0v) is 18.1. The molecule has 1 N–H and O–H groups in total. The highest BCUT2D eigenvalue weighted by molar-refractivity contribution is 7.99. The van der Waals surface area contributed by atoms with Crippen LogP contribution in [0.3, 0.4) is 0 Å². The highest BCUT2D eigenvalue weighted by atomic mass is 32.2. The summed E-state index contributed by atoms with van der Waals surface area (Å²) in [7, 11) is 0. The molecule has 1 saturated heterocycles. The van der Waals surface area contributed by atoms with Crippen LogP contribution in [0.1, 0.15) is 18.4 Å². The molecule has 0 spiro atoms. The van der Waals surface area contributed by atoms with Gasteiger partial charge in [0.1, 0.15) is 11.5 Å². The summed E-state index contributed by atoms with van der Waals surface area (Å²) in [6.45, 7) is 1.90. The summed E-state index contributed by atoms with van der Waals surface area (Å²) in [5, 5.41) is 8.52. The lowest BCUT2D eigenvalue weighted by Crippen LogP contribution is -2.25. The maximum absolute atomic E-state index is 13.5. The first-order chi connectivity index (χ1) is 15.3. The predicted molar refractivity (Wildman–Crippen MR) is 126 cm³/mol. The van der Waals surface area contributed by atoms with Gasteiger partial charge in [0.2, 0.25) is 0 Å². The molecule has 0 amide bonds. The Morgan fingerprint density at radius 2 is 1.74 bits per heavy atom. The molecule has 1 aromatic carbocycles. The van der Waals surface area contributed by atoms with Crippen molar-refractivity contribution in [3.8, 4) is 22.4 Å². The maximum Gasteiger partial charge on any atom is 0.123 e. The van der Waals surface area contributed by atoms with Gasteiger partial charge in [-0.2, -0.15) is 16.9 Å². The number of benzene rings is 1. The topological polar surface area (TPSA) is 42.2 Å². The lowest BCUT2D eigenvalue weighted by Gasteiger charge is -2.21. The number of aromatic nitrogens is 3. The number of nitrogens with zero attached hydrogens (tertiary/aromatic N) is 3. The van der Waals surface area contributed by atoms with Crippen LogP contribution in [0.2, 0.25) is 0 Å². The number of thioether (sulfide) groups is 1. The van der Waals surface area contributed by atoms with E-state index >= 15 is 0 Å². The lowest BCUT2D eigenvalue weighted by molar-refractivity contribution is 0.447. The van der Waals surface area contributed by atoms with E-state index in [2.05, 4.69) is 40.4 Å². The van der Waals surface area contributed by atoms with Crippen molar-refractivity contribution in [2.75, 3.05) is 18.1 Å². The molecule has 1 aliphatic heterocycles. The van der Waals surface area contributed by atoms with E-state index in [4.69, 9.17) is 5.10 Å². The summed E-state index contributed by atoms with van der Waals surface area (Å²) in [6.07, 6.45) is 8.29. The first-order valence-electron chi connectivity index (χ1n) is 10.7. The van der Waals surface area contributed by atoms with Gasteiger partial charge in [-0.25, -0.2) is 8.91 Å². The summed E-state index contributed by atoms with van der Waals surface area (Å²) >= 11 is 2.07. The van der Waals surface area contributed by atoms with E-state index in [9.17, 15) is 4.39 Å². The predicted octanol–water partition coefficient (Wildman–Crippen LogP) is 5.44. The van der Waals surface area contributed by atoms with E-state index in [-0.39, 0.29) is 5.82 Å². The number of nitrogens with one attached hydrogen (secondary N) is 1. The summed E-state index contributed by atoms with van der Waals surface area (Å²) in [6, 6.07) is 14.8. The van der Waals surface area contributed by atoms with Gasteiger partial charge in [0.25, 0.3) is 0 Å². The second-order valence-corrected chi connectivity index (χ2v) is 9.24. The van der Waals surface area contributed by atoms with Crippen LogP contribution in [0.15, 0.2) is 67.1 Å². The number of halogens is 1. The summed E-state index contributed by atoms with van der Waals surface area (Å²) in [5.41, 5.74) is 6.05. The first-order valence-corrected chi connectivity index (χ1v) is 11.9. The van der Waals surface area contributed by atoms with Crippen LogP contribution in [0.4, 0.5) is 4.39 Å². The quantitative estimate of drug-likeness (QED) is 0.441. The van der Waals surface area contributed by atoms with Crippen LogP contribution in [0, 0.1) is 11.7 Å². The molecule has 0 aliphatic carbocycles. The molecule has 3 aromatic heterocycles. The highest BCUT2D eigenvalue weighted by Crippen LogP contribution is 2.35. The lowest BCUT2D eigenvalue weighted by atomic mass is 10.0. The molecule has 0 unspecified atom stereocenters. The Labute approximate surface area is 185 Å². The molecule has 31 heavy (non-hydrogen) atoms. The van der Waals surface area contributed by atoms with E-state index in [1.165, 1.54) is 42.0 Å². The molecule has 6 heteroatoms. The number of rotatable bonds is 6. The van der Waals surface area contributed by atoms with Crippen LogP contribution in [-0.2, 0) is 6.54 Å². The number of hydrogen-bond donors (Lipinski definition) is 1. The molecule has 0 saturated carbocycles. The van der Waals surface area contributed by atoms with Gasteiger partial charge in [-0.3, -0.25) is 4.98 Å². The molecule has 4 aromatic rings. The number of pyridine rings is 2. The van der Waals surface area contributed by atoms with Crippen LogP contribution < -0.4 is 5.32 Å². The molecule has 0 bridgehead atoms. The molecular formula is C25H25FN4S. The number of hydrogen-bond acceptors (Lipinski definition) is 4. The third-order valence-electron chi connectivity index (χ3n) is 5.88. The molecule has 0 atom stereocenters. The Morgan fingerprint density at radius 1 is 0.968 bits per heavy atom. The fraction of sp³-hybridized carbons (Fsp3) is 0.280. The van der Waals surface area contributed by atoms with E-state index < -0.39 is 0 Å². The van der Waals surface area contributed by atoms with Crippen LogP contribution in [0.5, 0.6) is 0 Å². The van der Waals surface area contributed by atoms with Gasteiger partial charge in [0, 0.05) is 36.3 Å². The van der Waals surface area contributed by atoms with Gasteiger partial charge < -0.3 is 5.32 Å². The van der Waals surface area contributed by atoms with Crippen molar-refractivity contribution in [2.45, 2.75) is 19.4 Å². The SMILES string of the molecule is Fc1ccc(-c2nn3cc(CNCC4CCSCC4)ccc3c2-c2ccncc2)cc1. The first kappa shape index (κ1) is 20.2. The average Bonchev–Trinajstić information content (AvgIpc) is 3.19. The van der Waals surface area contributed by atoms with Gasteiger partial charge in [0.15, 0.2) is 0 Å². The van der Waals surface area contributed by atoms with Crippen molar-refractivity contribution in [2.24, 2.45) is 5.92 Å². The van der Waals surface area contributed by atoms with E-state index in [1.54, 1.807) is 24.5 Å². The van der Waals surface area contributed by atoms with Crippen molar-refractivity contribution in [1.29, 1.82) is 0 Å². The molecule has 4 nitrogen and oxygen atoms in total. The van der Waals surface area contributed by atoms with E-state index in [0.717, 1.165) is 46.9 Å². The minimum absolute atomic E-state index is 0.247. The van der Waals surface area contributed by atoms with Crippen molar-refractivity contribution in [3.63, 3.8) is 0 Å². The Balaban J connectivity index is 1.46. The van der Waals surface area contributed by atoms with Gasteiger partial charge in [0.05, 0.1) is 5.52 Å². The fourth-order valence-electron chi connectivity index (χ4n) is 4.18. The summed E-state index contributed by atoms with van der Waals surface area (Å²) in [5.74, 6) is 3.12. The van der Waals surface area contributed by atoms with Gasteiger partial charge in [-0.05, 0) is 90.4 Å². The highest BCUT2D eigenvalue weighted by Gasteiger charge is 2.17. The number of fused-ring (bicyclic) bond motifs is 1. The van der Waals surface area contributed by atoms with Crippen LogP contribution >= 0.6 is 11.8 Å². The normalized spacial score (nSPS) is 14.9. The van der Waals surface area contributed by atoms with E-state index in [0.29, 0.717) is 0 Å².